The van der Waals surface area contributed by atoms with Gasteiger partial charge in [-0.05, 0) is 13.5 Å². The van der Waals surface area contributed by atoms with Crippen LogP contribution in [0.2, 0.25) is 0 Å². The second-order valence-corrected chi connectivity index (χ2v) is 3.40. The van der Waals surface area contributed by atoms with Crippen LogP contribution in [0.5, 0.6) is 0 Å². The number of methoxy groups -OCH3 is 2. The molecule has 4 nitrogen and oxygen atoms in total. The Balaban J connectivity index is 4.07. The highest BCUT2D eigenvalue weighted by molar-refractivity contribution is 4.84. The number of likely N-dealkylation sites (N-methyl/N-ethyl adjacent to an activating group) is 1. The van der Waals surface area contributed by atoms with E-state index in [4.69, 9.17) is 15.2 Å². The fraction of sp³-hybridized carbons (Fsp3) is 1.00. The number of hydrogen-bond donors (Lipinski definition) is 2. The smallest absolute Gasteiger partial charge is 0.158 e. The fourth-order valence-electron chi connectivity index (χ4n) is 1.29. The topological polar surface area (TPSA) is 56.5 Å². The zero-order valence-corrected chi connectivity index (χ0v) is 9.09. The van der Waals surface area contributed by atoms with Gasteiger partial charge in [-0.3, -0.25) is 0 Å². The standard InChI is InChI=1S/C9H22N2O2/c1-5-11-9(2,7-10)6-8(12-3)13-4/h8,11H,5-7,10H2,1-4H3. The first-order chi connectivity index (χ1) is 6.11. The highest BCUT2D eigenvalue weighted by Gasteiger charge is 2.25. The lowest BCUT2D eigenvalue weighted by Crippen LogP contribution is -2.51. The third-order valence-electron chi connectivity index (χ3n) is 2.20. The van der Waals surface area contributed by atoms with Crippen LogP contribution in [-0.4, -0.2) is 39.1 Å². The normalized spacial score (nSPS) is 16.2. The third kappa shape index (κ3) is 4.57. The first-order valence-electron chi connectivity index (χ1n) is 4.62. The maximum absolute atomic E-state index is 5.68. The van der Waals surface area contributed by atoms with Crippen molar-refractivity contribution in [3.05, 3.63) is 0 Å². The second kappa shape index (κ2) is 6.32. The van der Waals surface area contributed by atoms with Crippen molar-refractivity contribution in [1.82, 2.24) is 5.32 Å². The lowest BCUT2D eigenvalue weighted by atomic mass is 9.97. The summed E-state index contributed by atoms with van der Waals surface area (Å²) in [6.07, 6.45) is 0.567. The summed E-state index contributed by atoms with van der Waals surface area (Å²) in [4.78, 5) is 0. The monoisotopic (exact) mass is 190 g/mol. The molecule has 0 radical (unpaired) electrons. The molecular weight excluding hydrogens is 168 g/mol. The predicted octanol–water partition coefficient (Wildman–Crippen LogP) is 0.322. The Kier molecular flexibility index (Phi) is 6.24. The van der Waals surface area contributed by atoms with Gasteiger partial charge >= 0.3 is 0 Å². The molecule has 0 saturated carbocycles. The highest BCUT2D eigenvalue weighted by atomic mass is 16.7. The van der Waals surface area contributed by atoms with Gasteiger partial charge in [0, 0.05) is 32.7 Å². The van der Waals surface area contributed by atoms with Crippen LogP contribution in [0.4, 0.5) is 0 Å². The molecule has 0 aliphatic carbocycles. The summed E-state index contributed by atoms with van der Waals surface area (Å²) < 4.78 is 10.3. The van der Waals surface area contributed by atoms with Crippen molar-refractivity contribution < 1.29 is 9.47 Å². The Labute approximate surface area is 80.8 Å². The van der Waals surface area contributed by atoms with Gasteiger partial charge in [0.2, 0.25) is 0 Å². The molecule has 0 aromatic carbocycles. The number of rotatable bonds is 7. The molecular formula is C9H22N2O2. The highest BCUT2D eigenvalue weighted by Crippen LogP contribution is 2.13. The van der Waals surface area contributed by atoms with Gasteiger partial charge in [0.25, 0.3) is 0 Å². The molecule has 0 saturated heterocycles. The van der Waals surface area contributed by atoms with Crippen LogP contribution in [0.15, 0.2) is 0 Å². The van der Waals surface area contributed by atoms with Crippen molar-refractivity contribution in [2.24, 2.45) is 5.73 Å². The Morgan fingerprint density at radius 3 is 2.23 bits per heavy atom. The van der Waals surface area contributed by atoms with Crippen LogP contribution in [0.3, 0.4) is 0 Å². The Bertz CT molecular complexity index is 129. The number of hydrogen-bond acceptors (Lipinski definition) is 4. The molecule has 1 unspecified atom stereocenters. The van der Waals surface area contributed by atoms with Gasteiger partial charge < -0.3 is 20.5 Å². The largest absolute Gasteiger partial charge is 0.356 e. The van der Waals surface area contributed by atoms with Crippen molar-refractivity contribution >= 4 is 0 Å². The summed E-state index contributed by atoms with van der Waals surface area (Å²) in [6.45, 7) is 5.60. The van der Waals surface area contributed by atoms with E-state index in [2.05, 4.69) is 19.2 Å². The molecule has 0 aliphatic rings. The van der Waals surface area contributed by atoms with Crippen LogP contribution in [0.25, 0.3) is 0 Å². The van der Waals surface area contributed by atoms with Gasteiger partial charge in [0.15, 0.2) is 6.29 Å². The van der Waals surface area contributed by atoms with Crippen molar-refractivity contribution in [3.8, 4) is 0 Å². The molecule has 0 spiro atoms. The molecule has 0 bridgehead atoms. The quantitative estimate of drug-likeness (QED) is 0.568. The Morgan fingerprint density at radius 1 is 1.38 bits per heavy atom. The summed E-state index contributed by atoms with van der Waals surface area (Å²) in [5.74, 6) is 0. The predicted molar refractivity (Wildman–Crippen MR) is 53.6 cm³/mol. The molecule has 4 heteroatoms. The lowest BCUT2D eigenvalue weighted by Gasteiger charge is -2.31. The van der Waals surface area contributed by atoms with Gasteiger partial charge in [-0.1, -0.05) is 6.92 Å². The van der Waals surface area contributed by atoms with E-state index in [1.54, 1.807) is 14.2 Å². The van der Waals surface area contributed by atoms with E-state index in [0.29, 0.717) is 6.54 Å². The molecule has 0 amide bonds. The molecule has 0 aliphatic heterocycles. The summed E-state index contributed by atoms with van der Waals surface area (Å²) in [7, 11) is 3.27. The molecule has 80 valence electrons. The van der Waals surface area contributed by atoms with E-state index in [1.807, 2.05) is 0 Å². The van der Waals surface area contributed by atoms with Gasteiger partial charge in [0.05, 0.1) is 0 Å². The minimum absolute atomic E-state index is 0.106. The zero-order valence-electron chi connectivity index (χ0n) is 9.09. The van der Waals surface area contributed by atoms with Crippen LogP contribution in [0, 0.1) is 0 Å². The van der Waals surface area contributed by atoms with Crippen LogP contribution < -0.4 is 11.1 Å². The van der Waals surface area contributed by atoms with Crippen LogP contribution in [-0.2, 0) is 9.47 Å². The van der Waals surface area contributed by atoms with Crippen molar-refractivity contribution in [3.63, 3.8) is 0 Å². The molecule has 0 aromatic rings. The van der Waals surface area contributed by atoms with Crippen molar-refractivity contribution in [2.75, 3.05) is 27.3 Å². The van der Waals surface area contributed by atoms with E-state index < -0.39 is 0 Å². The average molecular weight is 190 g/mol. The molecule has 3 N–H and O–H groups in total. The Morgan fingerprint density at radius 2 is 1.92 bits per heavy atom. The van der Waals surface area contributed by atoms with Gasteiger partial charge in [0.1, 0.15) is 0 Å². The number of nitrogens with two attached hydrogens (primary N) is 1. The van der Waals surface area contributed by atoms with Crippen LogP contribution >= 0.6 is 0 Å². The number of ether oxygens (including phenoxy) is 2. The molecule has 0 heterocycles. The first kappa shape index (κ1) is 12.8. The zero-order chi connectivity index (χ0) is 10.3. The van der Waals surface area contributed by atoms with Gasteiger partial charge in [-0.2, -0.15) is 0 Å². The average Bonchev–Trinajstić information content (AvgIpc) is 2.15. The summed E-state index contributed by atoms with van der Waals surface area (Å²) in [5, 5.41) is 3.32. The summed E-state index contributed by atoms with van der Waals surface area (Å²) in [6, 6.07) is 0. The second-order valence-electron chi connectivity index (χ2n) is 3.40. The van der Waals surface area contributed by atoms with E-state index in [9.17, 15) is 0 Å². The fourth-order valence-corrected chi connectivity index (χ4v) is 1.29. The minimum atomic E-state index is -0.187. The van der Waals surface area contributed by atoms with Crippen molar-refractivity contribution in [2.45, 2.75) is 32.1 Å². The summed E-state index contributed by atoms with van der Waals surface area (Å²) >= 11 is 0. The summed E-state index contributed by atoms with van der Waals surface area (Å²) in [5.41, 5.74) is 5.57. The van der Waals surface area contributed by atoms with Gasteiger partial charge in [-0.15, -0.1) is 0 Å². The van der Waals surface area contributed by atoms with E-state index in [0.717, 1.165) is 13.0 Å². The van der Waals surface area contributed by atoms with Crippen LogP contribution in [0.1, 0.15) is 20.3 Å². The van der Waals surface area contributed by atoms with Crippen molar-refractivity contribution in [1.29, 1.82) is 0 Å². The minimum Gasteiger partial charge on any atom is -0.356 e. The van der Waals surface area contributed by atoms with Gasteiger partial charge in [-0.25, -0.2) is 0 Å². The molecule has 0 aromatic heterocycles. The third-order valence-corrected chi connectivity index (χ3v) is 2.20. The molecule has 0 fully saturated rings. The first-order valence-corrected chi connectivity index (χ1v) is 4.62. The van der Waals surface area contributed by atoms with E-state index in [1.165, 1.54) is 0 Å². The number of nitrogens with one attached hydrogen (secondary N) is 1. The molecule has 1 atom stereocenters. The molecule has 0 rings (SSSR count). The Hall–Kier alpha value is -0.160. The SMILES string of the molecule is CCNC(C)(CN)CC(OC)OC. The molecule has 13 heavy (non-hydrogen) atoms. The maximum atomic E-state index is 5.68. The van der Waals surface area contributed by atoms with E-state index >= 15 is 0 Å². The maximum Gasteiger partial charge on any atom is 0.158 e. The lowest BCUT2D eigenvalue weighted by molar-refractivity contribution is -0.117. The van der Waals surface area contributed by atoms with E-state index in [-0.39, 0.29) is 11.8 Å².